The number of hydrogen-bond donors (Lipinski definition) is 2. The second-order valence-electron chi connectivity index (χ2n) is 8.64. The fourth-order valence-electron chi connectivity index (χ4n) is 5.10. The smallest absolute Gasteiger partial charge is 0.249 e. The predicted molar refractivity (Wildman–Crippen MR) is 120 cm³/mol. The summed E-state index contributed by atoms with van der Waals surface area (Å²) in [6.07, 6.45) is 3.83. The Kier molecular flexibility index (Phi) is 4.98. The lowest BCUT2D eigenvalue weighted by Gasteiger charge is -2.32. The fourth-order valence-corrected chi connectivity index (χ4v) is 7.48. The van der Waals surface area contributed by atoms with E-state index in [4.69, 9.17) is 4.74 Å². The van der Waals surface area contributed by atoms with Crippen molar-refractivity contribution in [2.75, 3.05) is 37.1 Å². The number of aryl methyl sites for hydroxylation is 1. The lowest BCUT2D eigenvalue weighted by atomic mass is 9.85. The zero-order valence-electron chi connectivity index (χ0n) is 17.8. The number of carbonyl (C=O) groups excluding carboxylic acids is 1. The maximum atomic E-state index is 12.7. The van der Waals surface area contributed by atoms with E-state index in [-0.39, 0.29) is 18.2 Å². The average Bonchev–Trinajstić information content (AvgIpc) is 3.47. The highest BCUT2D eigenvalue weighted by Gasteiger charge is 2.44. The molecule has 0 aromatic carbocycles. The third kappa shape index (κ3) is 3.20. The van der Waals surface area contributed by atoms with Crippen LogP contribution in [0.1, 0.15) is 54.8 Å². The normalized spacial score (nSPS) is 27.0. The first-order valence-electron chi connectivity index (χ1n) is 11.0. The van der Waals surface area contributed by atoms with Crippen molar-refractivity contribution in [1.29, 1.82) is 0 Å². The molecule has 1 aliphatic carbocycles. The third-order valence-corrected chi connectivity index (χ3v) is 8.75. The van der Waals surface area contributed by atoms with Gasteiger partial charge in [-0.3, -0.25) is 15.1 Å². The van der Waals surface area contributed by atoms with Crippen LogP contribution in [0.4, 0.5) is 5.95 Å². The van der Waals surface area contributed by atoms with Gasteiger partial charge in [0.05, 0.1) is 25.1 Å². The van der Waals surface area contributed by atoms with Crippen LogP contribution < -0.4 is 15.8 Å². The largest absolute Gasteiger partial charge is 0.378 e. The van der Waals surface area contributed by atoms with Gasteiger partial charge >= 0.3 is 0 Å². The highest BCUT2D eigenvalue weighted by atomic mass is 32.2. The molecule has 5 heterocycles. The van der Waals surface area contributed by atoms with Gasteiger partial charge in [0.25, 0.3) is 0 Å². The van der Waals surface area contributed by atoms with Gasteiger partial charge < -0.3 is 9.64 Å². The minimum absolute atomic E-state index is 0.0649. The van der Waals surface area contributed by atoms with Crippen molar-refractivity contribution in [3.63, 3.8) is 0 Å². The number of thioether (sulfide) groups is 1. The van der Waals surface area contributed by atoms with E-state index in [9.17, 15) is 4.79 Å². The van der Waals surface area contributed by atoms with Crippen molar-refractivity contribution in [2.24, 2.45) is 0 Å². The van der Waals surface area contributed by atoms with E-state index in [0.29, 0.717) is 38.0 Å². The first-order valence-corrected chi connectivity index (χ1v) is 12.8. The van der Waals surface area contributed by atoms with Crippen molar-refractivity contribution in [1.82, 2.24) is 30.4 Å². The monoisotopic (exact) mass is 461 g/mol. The van der Waals surface area contributed by atoms with Gasteiger partial charge in [0.2, 0.25) is 11.9 Å². The molecule has 2 N–H and O–H groups in total. The number of thiophene rings is 1. The van der Waals surface area contributed by atoms with E-state index in [0.717, 1.165) is 17.5 Å². The van der Waals surface area contributed by atoms with Crippen molar-refractivity contribution < 1.29 is 9.53 Å². The summed E-state index contributed by atoms with van der Waals surface area (Å²) in [5.41, 5.74) is 6.36. The van der Waals surface area contributed by atoms with Gasteiger partial charge in [0, 0.05) is 23.5 Å². The van der Waals surface area contributed by atoms with E-state index in [2.05, 4.69) is 44.4 Å². The first kappa shape index (κ1) is 20.0. The van der Waals surface area contributed by atoms with E-state index in [1.807, 2.05) is 16.2 Å². The number of nitrogens with zero attached hydrogens (tertiary/aromatic N) is 5. The lowest BCUT2D eigenvalue weighted by molar-refractivity contribution is -0.132. The topological polar surface area (TPSA) is 87.5 Å². The Morgan fingerprint density at radius 3 is 2.94 bits per heavy atom. The predicted octanol–water partition coefficient (Wildman–Crippen LogP) is 1.99. The number of rotatable bonds is 3. The Hall–Kier alpha value is -1.66. The summed E-state index contributed by atoms with van der Waals surface area (Å²) in [5, 5.41) is 16.8. The summed E-state index contributed by atoms with van der Waals surface area (Å²) >= 11 is 3.36. The van der Waals surface area contributed by atoms with Crippen LogP contribution in [0.2, 0.25) is 0 Å². The van der Waals surface area contributed by atoms with Gasteiger partial charge in [-0.25, -0.2) is 9.99 Å². The number of hydrazine groups is 1. The highest BCUT2D eigenvalue weighted by Crippen LogP contribution is 2.50. The number of nitrogens with one attached hydrogen (secondary N) is 2. The van der Waals surface area contributed by atoms with Crippen LogP contribution in [0.25, 0.3) is 5.00 Å². The minimum atomic E-state index is 0.0649. The standard InChI is InChI=1S/C20H27N7O2S2/c1-11-4-3-5-13-15(11)16-17-21-12(2)24-27(17)19-22-23-20(26(19)18(16)31-13)30-10-14(28)25-6-8-29-9-7-25/h11-12,17,21,24H,3-10H2,1-2H3/t11-,12?,17?/m0/s1. The maximum absolute atomic E-state index is 12.7. The number of amides is 1. The van der Waals surface area contributed by atoms with Crippen LogP contribution in [0.3, 0.4) is 0 Å². The number of carbonyl (C=O) groups is 1. The Morgan fingerprint density at radius 2 is 2.10 bits per heavy atom. The zero-order chi connectivity index (χ0) is 21.1. The molecule has 2 saturated heterocycles. The third-order valence-electron chi connectivity index (χ3n) is 6.57. The first-order chi connectivity index (χ1) is 15.1. The molecule has 3 atom stereocenters. The summed E-state index contributed by atoms with van der Waals surface area (Å²) in [4.78, 5) is 16.1. The molecule has 2 unspecified atom stereocenters. The molecule has 0 spiro atoms. The lowest BCUT2D eigenvalue weighted by Crippen LogP contribution is -2.41. The molecule has 2 aromatic rings. The Labute approximate surface area is 189 Å². The summed E-state index contributed by atoms with van der Waals surface area (Å²) in [7, 11) is 0. The molecule has 1 amide bonds. The van der Waals surface area contributed by atoms with Crippen LogP contribution in [0, 0.1) is 0 Å². The van der Waals surface area contributed by atoms with Gasteiger partial charge in [0.15, 0.2) is 5.16 Å². The molecule has 166 valence electrons. The van der Waals surface area contributed by atoms with E-state index >= 15 is 0 Å². The molecule has 4 aliphatic rings. The van der Waals surface area contributed by atoms with Crippen LogP contribution in [-0.4, -0.2) is 63.8 Å². The molecule has 2 aromatic heterocycles. The molecule has 0 bridgehead atoms. The number of ether oxygens (including phenoxy) is 1. The molecule has 9 nitrogen and oxygen atoms in total. The fraction of sp³-hybridized carbons (Fsp3) is 0.650. The molecule has 3 aliphatic heterocycles. The molecule has 11 heteroatoms. The maximum Gasteiger partial charge on any atom is 0.249 e. The number of aromatic nitrogens is 3. The van der Waals surface area contributed by atoms with Crippen molar-refractivity contribution in [3.8, 4) is 5.00 Å². The van der Waals surface area contributed by atoms with Gasteiger partial charge in [-0.15, -0.1) is 21.5 Å². The summed E-state index contributed by atoms with van der Waals surface area (Å²) in [6, 6.07) is 0. The van der Waals surface area contributed by atoms with E-state index in [1.54, 1.807) is 0 Å². The molecule has 6 rings (SSSR count). The highest BCUT2D eigenvalue weighted by molar-refractivity contribution is 7.99. The Morgan fingerprint density at radius 1 is 1.26 bits per heavy atom. The molecular formula is C20H27N7O2S2. The SMILES string of the molecule is CC1NC2c3c(sc4c3[C@@H](C)CCC4)-n3c(SCC(=O)N4CCOCC4)nnc3N2N1. The van der Waals surface area contributed by atoms with Crippen molar-refractivity contribution in [2.45, 2.75) is 56.5 Å². The van der Waals surface area contributed by atoms with Gasteiger partial charge in [0.1, 0.15) is 11.2 Å². The minimum Gasteiger partial charge on any atom is -0.378 e. The molecule has 31 heavy (non-hydrogen) atoms. The Balaban J connectivity index is 1.36. The van der Waals surface area contributed by atoms with Gasteiger partial charge in [-0.05, 0) is 37.7 Å². The molecule has 0 radical (unpaired) electrons. The van der Waals surface area contributed by atoms with Crippen molar-refractivity contribution in [3.05, 3.63) is 16.0 Å². The van der Waals surface area contributed by atoms with Crippen LogP contribution in [-0.2, 0) is 16.0 Å². The number of fused-ring (bicyclic) bond motifs is 8. The van der Waals surface area contributed by atoms with Crippen LogP contribution in [0.15, 0.2) is 5.16 Å². The van der Waals surface area contributed by atoms with Crippen LogP contribution >= 0.6 is 23.1 Å². The van der Waals surface area contributed by atoms with Gasteiger partial charge in [-0.2, -0.15) is 0 Å². The summed E-state index contributed by atoms with van der Waals surface area (Å²) < 4.78 is 7.53. The van der Waals surface area contributed by atoms with E-state index < -0.39 is 0 Å². The summed E-state index contributed by atoms with van der Waals surface area (Å²) in [5.74, 6) is 1.84. The quantitative estimate of drug-likeness (QED) is 0.671. The number of anilines is 1. The summed E-state index contributed by atoms with van der Waals surface area (Å²) in [6.45, 7) is 7.04. The second kappa shape index (κ2) is 7.73. The molecular weight excluding hydrogens is 434 g/mol. The number of hydrogen-bond acceptors (Lipinski definition) is 9. The average molecular weight is 462 g/mol. The van der Waals surface area contributed by atoms with Gasteiger partial charge in [-0.1, -0.05) is 18.7 Å². The number of morpholine rings is 1. The second-order valence-corrected chi connectivity index (χ2v) is 10.7. The molecule has 0 saturated carbocycles. The zero-order valence-corrected chi connectivity index (χ0v) is 19.4. The van der Waals surface area contributed by atoms with Crippen molar-refractivity contribution >= 4 is 35.0 Å². The van der Waals surface area contributed by atoms with Crippen LogP contribution in [0.5, 0.6) is 0 Å². The molecule has 2 fully saturated rings. The Bertz CT molecular complexity index is 1020. The van der Waals surface area contributed by atoms with E-state index in [1.165, 1.54) is 45.6 Å².